The highest BCUT2D eigenvalue weighted by molar-refractivity contribution is 5.92. The molecule has 0 fully saturated rings. The number of rotatable bonds is 27. The Labute approximate surface area is 276 Å². The van der Waals surface area contributed by atoms with Gasteiger partial charge in [0.15, 0.2) is 5.60 Å². The summed E-state index contributed by atoms with van der Waals surface area (Å²) < 4.78 is 10.6. The fraction of sp³-hybridized carbons (Fsp3) is 0.676. The molecule has 9 nitrogen and oxygen atoms in total. The molecule has 0 aliphatic heterocycles. The van der Waals surface area contributed by atoms with Crippen LogP contribution >= 0.6 is 0 Å². The van der Waals surface area contributed by atoms with Gasteiger partial charge in [0.2, 0.25) is 5.91 Å². The van der Waals surface area contributed by atoms with E-state index in [1.165, 1.54) is 32.4 Å². The number of unbranched alkanes of at least 4 members (excludes halogenated alkanes) is 9. The van der Waals surface area contributed by atoms with Crippen LogP contribution in [0.2, 0.25) is 0 Å². The third-order valence-corrected chi connectivity index (χ3v) is 8.19. The molecule has 0 bridgehead atoms. The zero-order valence-corrected chi connectivity index (χ0v) is 28.7. The van der Waals surface area contributed by atoms with Crippen LogP contribution in [0.5, 0.6) is 5.75 Å². The lowest BCUT2D eigenvalue weighted by Crippen LogP contribution is -2.54. The van der Waals surface area contributed by atoms with E-state index in [4.69, 9.17) is 9.47 Å². The van der Waals surface area contributed by atoms with Crippen molar-refractivity contribution in [2.75, 3.05) is 13.7 Å². The van der Waals surface area contributed by atoms with Crippen LogP contribution in [-0.4, -0.2) is 59.2 Å². The maximum absolute atomic E-state index is 13.5. The average molecular weight is 646 g/mol. The number of ketones is 1. The van der Waals surface area contributed by atoms with Crippen molar-refractivity contribution in [1.29, 1.82) is 0 Å². The molecule has 1 aromatic carbocycles. The van der Waals surface area contributed by atoms with Crippen LogP contribution in [0.25, 0.3) is 0 Å². The summed E-state index contributed by atoms with van der Waals surface area (Å²) in [6, 6.07) is 6.11. The third kappa shape index (κ3) is 15.9. The fourth-order valence-electron chi connectivity index (χ4n) is 5.35. The number of carboxylic acid groups (broad SMARTS) is 1. The Kier molecular flexibility index (Phi) is 21.3. The molecule has 0 spiro atoms. The number of Topliss-reactive ketones (excluding diaryl/α,β-unsaturated/α-hetero) is 1. The van der Waals surface area contributed by atoms with Crippen LogP contribution in [-0.2, 0) is 30.3 Å². The average Bonchev–Trinajstić information content (AvgIpc) is 3.04. The predicted molar refractivity (Wildman–Crippen MR) is 181 cm³/mol. The zero-order valence-electron chi connectivity index (χ0n) is 28.7. The van der Waals surface area contributed by atoms with Gasteiger partial charge in [-0.3, -0.25) is 9.59 Å². The van der Waals surface area contributed by atoms with Crippen LogP contribution in [0.1, 0.15) is 129 Å². The fourth-order valence-corrected chi connectivity index (χ4v) is 5.35. The predicted octanol–water partition coefficient (Wildman–Crippen LogP) is 7.12. The van der Waals surface area contributed by atoms with Gasteiger partial charge in [-0.15, -0.1) is 0 Å². The quantitative estimate of drug-likeness (QED) is 0.0522. The maximum atomic E-state index is 13.5. The van der Waals surface area contributed by atoms with Gasteiger partial charge in [0.1, 0.15) is 17.6 Å². The summed E-state index contributed by atoms with van der Waals surface area (Å²) in [6.07, 6.45) is 16.5. The number of methoxy groups -OCH3 is 1. The summed E-state index contributed by atoms with van der Waals surface area (Å²) in [5.41, 5.74) is -1.59. The summed E-state index contributed by atoms with van der Waals surface area (Å²) in [5, 5.41) is 23.8. The first-order valence-electron chi connectivity index (χ1n) is 17.4. The topological polar surface area (TPSA) is 139 Å². The van der Waals surface area contributed by atoms with E-state index in [1.807, 2.05) is 0 Å². The van der Waals surface area contributed by atoms with Crippen molar-refractivity contribution in [2.24, 2.45) is 5.92 Å². The summed E-state index contributed by atoms with van der Waals surface area (Å²) in [7, 11) is 1.22. The van der Waals surface area contributed by atoms with Gasteiger partial charge in [-0.25, -0.2) is 9.59 Å². The Bertz CT molecular complexity index is 1050. The SMILES string of the molecule is CCCCCCCC(=O)CCCCCCC=C[C@H](C(=O)N[C@@H](Cc1ccc(OCCCC)cc1)C(=O)OC)[C@@](O)(CCC)C(=O)O. The zero-order chi connectivity index (χ0) is 34.2. The van der Waals surface area contributed by atoms with E-state index >= 15 is 0 Å². The molecule has 9 heteroatoms. The van der Waals surface area contributed by atoms with E-state index < -0.39 is 35.4 Å². The van der Waals surface area contributed by atoms with Gasteiger partial charge >= 0.3 is 11.9 Å². The molecule has 0 radical (unpaired) electrons. The second kappa shape index (κ2) is 24.0. The molecule has 0 heterocycles. The maximum Gasteiger partial charge on any atom is 0.336 e. The lowest BCUT2D eigenvalue weighted by molar-refractivity contribution is -0.167. The monoisotopic (exact) mass is 645 g/mol. The van der Waals surface area contributed by atoms with Gasteiger partial charge < -0.3 is 25.0 Å². The molecule has 0 aromatic heterocycles. The van der Waals surface area contributed by atoms with E-state index in [1.54, 1.807) is 37.3 Å². The highest BCUT2D eigenvalue weighted by Gasteiger charge is 2.46. The van der Waals surface area contributed by atoms with Crippen molar-refractivity contribution in [3.8, 4) is 5.75 Å². The molecule has 0 saturated heterocycles. The summed E-state index contributed by atoms with van der Waals surface area (Å²) in [5.74, 6) is -3.33. The molecule has 0 unspecified atom stereocenters. The number of aliphatic hydroxyl groups is 1. The Hall–Kier alpha value is -3.20. The van der Waals surface area contributed by atoms with Gasteiger partial charge in [-0.2, -0.15) is 0 Å². The number of ether oxygens (including phenoxy) is 2. The minimum absolute atomic E-state index is 0.116. The lowest BCUT2D eigenvalue weighted by atomic mass is 9.82. The van der Waals surface area contributed by atoms with Crippen molar-refractivity contribution >= 4 is 23.6 Å². The number of carbonyl (C=O) groups excluding carboxylic acids is 3. The van der Waals surface area contributed by atoms with Crippen LogP contribution in [0.4, 0.5) is 0 Å². The number of benzene rings is 1. The first-order valence-corrected chi connectivity index (χ1v) is 17.4. The molecule has 0 saturated carbocycles. The van der Waals surface area contributed by atoms with Crippen LogP contribution in [0.15, 0.2) is 36.4 Å². The van der Waals surface area contributed by atoms with E-state index in [2.05, 4.69) is 19.2 Å². The molecule has 260 valence electrons. The first kappa shape index (κ1) is 40.8. The summed E-state index contributed by atoms with van der Waals surface area (Å²) in [4.78, 5) is 50.5. The number of esters is 1. The molecule has 3 N–H and O–H groups in total. The van der Waals surface area contributed by atoms with E-state index in [-0.39, 0.29) is 12.8 Å². The molecule has 0 aliphatic carbocycles. The number of carbonyl (C=O) groups is 4. The van der Waals surface area contributed by atoms with Crippen molar-refractivity contribution in [1.82, 2.24) is 5.32 Å². The molecule has 46 heavy (non-hydrogen) atoms. The van der Waals surface area contributed by atoms with Crippen molar-refractivity contribution in [2.45, 2.75) is 142 Å². The van der Waals surface area contributed by atoms with E-state index in [0.29, 0.717) is 43.8 Å². The van der Waals surface area contributed by atoms with Crippen LogP contribution < -0.4 is 10.1 Å². The second-order valence-corrected chi connectivity index (χ2v) is 12.2. The Morgan fingerprint density at radius 2 is 1.46 bits per heavy atom. The van der Waals surface area contributed by atoms with Crippen LogP contribution in [0, 0.1) is 5.92 Å². The molecule has 1 aromatic rings. The number of amides is 1. The van der Waals surface area contributed by atoms with Gasteiger partial charge in [0.25, 0.3) is 0 Å². The summed E-state index contributed by atoms with van der Waals surface area (Å²) >= 11 is 0. The van der Waals surface area contributed by atoms with E-state index in [0.717, 1.165) is 56.9 Å². The van der Waals surface area contributed by atoms with Crippen LogP contribution in [0.3, 0.4) is 0 Å². The minimum Gasteiger partial charge on any atom is -0.494 e. The standard InChI is InChI=1S/C37H59NO8/c1-5-8-10-13-16-19-30(39)20-17-14-11-12-15-18-21-32(37(44,26-7-3)36(42)43)34(40)38-33(35(41)45-4)28-29-22-24-31(25-23-29)46-27-9-6-2/h18,21-25,32-33,44H,5-17,19-20,26-28H2,1-4H3,(H,38,40)(H,42,43)/t32-,33+,37+/m1/s1. The molecule has 3 atom stereocenters. The molecule has 1 amide bonds. The highest BCUT2D eigenvalue weighted by Crippen LogP contribution is 2.27. The molecular weight excluding hydrogens is 586 g/mol. The minimum atomic E-state index is -2.34. The molecular formula is C37H59NO8. The van der Waals surface area contributed by atoms with Crippen molar-refractivity contribution < 1.29 is 38.9 Å². The highest BCUT2D eigenvalue weighted by atomic mass is 16.5. The number of hydrogen-bond donors (Lipinski definition) is 3. The number of aliphatic carboxylic acids is 1. The Morgan fingerprint density at radius 3 is 2.02 bits per heavy atom. The summed E-state index contributed by atoms with van der Waals surface area (Å²) in [6.45, 7) is 6.60. The van der Waals surface area contributed by atoms with Gasteiger partial charge in [-0.05, 0) is 56.2 Å². The van der Waals surface area contributed by atoms with Crippen molar-refractivity contribution in [3.63, 3.8) is 0 Å². The number of nitrogens with one attached hydrogen (secondary N) is 1. The van der Waals surface area contributed by atoms with Crippen molar-refractivity contribution in [3.05, 3.63) is 42.0 Å². The van der Waals surface area contributed by atoms with Gasteiger partial charge in [-0.1, -0.05) is 96.4 Å². The molecule has 0 aliphatic rings. The lowest BCUT2D eigenvalue weighted by Gasteiger charge is -2.30. The third-order valence-electron chi connectivity index (χ3n) is 8.19. The first-order chi connectivity index (χ1) is 22.1. The largest absolute Gasteiger partial charge is 0.494 e. The number of hydrogen-bond acceptors (Lipinski definition) is 7. The second-order valence-electron chi connectivity index (χ2n) is 12.2. The van der Waals surface area contributed by atoms with E-state index in [9.17, 15) is 29.4 Å². The smallest absolute Gasteiger partial charge is 0.336 e. The Balaban J connectivity index is 2.81. The van der Waals surface area contributed by atoms with Gasteiger partial charge in [0, 0.05) is 19.3 Å². The number of allylic oxidation sites excluding steroid dienone is 1. The normalized spacial score (nSPS) is 13.9. The number of carboxylic acids is 1. The Morgan fingerprint density at radius 1 is 0.848 bits per heavy atom. The van der Waals surface area contributed by atoms with Gasteiger partial charge in [0.05, 0.1) is 19.6 Å². The molecule has 1 rings (SSSR count).